The van der Waals surface area contributed by atoms with E-state index in [0.717, 1.165) is 6.42 Å². The van der Waals surface area contributed by atoms with Gasteiger partial charge < -0.3 is 15.3 Å². The number of nitrogens with zero attached hydrogens (tertiary/aromatic N) is 1. The van der Waals surface area contributed by atoms with Crippen LogP contribution >= 0.6 is 0 Å². The zero-order valence-electron chi connectivity index (χ0n) is 14.7. The van der Waals surface area contributed by atoms with Gasteiger partial charge in [-0.2, -0.15) is 0 Å². The molecule has 0 aliphatic carbocycles. The highest BCUT2D eigenvalue weighted by molar-refractivity contribution is 5.88. The summed E-state index contributed by atoms with van der Waals surface area (Å²) in [6.07, 6.45) is 2.17. The number of aliphatic hydroxyl groups excluding tert-OH is 1. The van der Waals surface area contributed by atoms with Crippen molar-refractivity contribution in [1.82, 2.24) is 10.2 Å². The number of carbonyl (C=O) groups excluding carboxylic acids is 2. The molecule has 1 heterocycles. The van der Waals surface area contributed by atoms with Gasteiger partial charge in [0.1, 0.15) is 6.04 Å². The summed E-state index contributed by atoms with van der Waals surface area (Å²) in [5.74, 6) is 0.304. The van der Waals surface area contributed by atoms with E-state index in [0.29, 0.717) is 31.7 Å². The second-order valence-electron chi connectivity index (χ2n) is 8.01. The second-order valence-corrected chi connectivity index (χ2v) is 8.01. The Balaban J connectivity index is 2.51. The summed E-state index contributed by atoms with van der Waals surface area (Å²) < 4.78 is 0. The molecule has 22 heavy (non-hydrogen) atoms. The molecule has 2 atom stereocenters. The van der Waals surface area contributed by atoms with Crippen molar-refractivity contribution in [3.63, 3.8) is 0 Å². The third kappa shape index (κ3) is 6.34. The predicted molar refractivity (Wildman–Crippen MR) is 87.3 cm³/mol. The summed E-state index contributed by atoms with van der Waals surface area (Å²) in [5, 5.41) is 12.6. The fourth-order valence-corrected chi connectivity index (χ4v) is 2.86. The monoisotopic (exact) mass is 312 g/mol. The van der Waals surface area contributed by atoms with Gasteiger partial charge in [-0.25, -0.2) is 0 Å². The molecule has 128 valence electrons. The van der Waals surface area contributed by atoms with Gasteiger partial charge in [0.25, 0.3) is 0 Å². The Hall–Kier alpha value is -1.10. The molecule has 1 aliphatic rings. The molecule has 1 saturated heterocycles. The lowest BCUT2D eigenvalue weighted by Crippen LogP contribution is -2.48. The summed E-state index contributed by atoms with van der Waals surface area (Å²) in [7, 11) is 0. The van der Waals surface area contributed by atoms with Crippen LogP contribution < -0.4 is 5.32 Å². The van der Waals surface area contributed by atoms with Gasteiger partial charge in [-0.1, -0.05) is 34.6 Å². The highest BCUT2D eigenvalue weighted by atomic mass is 16.3. The Labute approximate surface area is 134 Å². The van der Waals surface area contributed by atoms with Gasteiger partial charge in [-0.05, 0) is 30.6 Å². The Morgan fingerprint density at radius 2 is 1.95 bits per heavy atom. The van der Waals surface area contributed by atoms with Gasteiger partial charge in [-0.15, -0.1) is 0 Å². The molecule has 0 spiro atoms. The molecule has 5 nitrogen and oxygen atoms in total. The average Bonchev–Trinajstić information content (AvgIpc) is 2.82. The van der Waals surface area contributed by atoms with Gasteiger partial charge in [0.2, 0.25) is 11.8 Å². The predicted octanol–water partition coefficient (Wildman–Crippen LogP) is 1.94. The fourth-order valence-electron chi connectivity index (χ4n) is 2.86. The van der Waals surface area contributed by atoms with Crippen LogP contribution in [0.3, 0.4) is 0 Å². The highest BCUT2D eigenvalue weighted by Crippen LogP contribution is 2.24. The van der Waals surface area contributed by atoms with E-state index in [1.807, 2.05) is 34.6 Å². The van der Waals surface area contributed by atoms with Gasteiger partial charge in [0, 0.05) is 19.5 Å². The van der Waals surface area contributed by atoms with Gasteiger partial charge in [0.15, 0.2) is 0 Å². The molecule has 1 rings (SSSR count). The molecular weight excluding hydrogens is 280 g/mol. The lowest BCUT2D eigenvalue weighted by atomic mass is 9.91. The van der Waals surface area contributed by atoms with Crippen molar-refractivity contribution in [3.05, 3.63) is 0 Å². The first-order chi connectivity index (χ1) is 10.1. The third-order valence-electron chi connectivity index (χ3n) is 3.81. The largest absolute Gasteiger partial charge is 0.391 e. The minimum atomic E-state index is -0.524. The van der Waals surface area contributed by atoms with Crippen molar-refractivity contribution >= 4 is 11.8 Å². The Morgan fingerprint density at radius 3 is 2.50 bits per heavy atom. The first-order valence-corrected chi connectivity index (χ1v) is 8.35. The molecule has 2 amide bonds. The number of likely N-dealkylation sites (tertiary alicyclic amines) is 1. The normalized spacial score (nSPS) is 20.3. The number of aliphatic hydroxyl groups is 1. The third-order valence-corrected chi connectivity index (χ3v) is 3.81. The summed E-state index contributed by atoms with van der Waals surface area (Å²) in [4.78, 5) is 26.4. The SMILES string of the molecule is CC(C)CC(O)CNC(=O)C1CCCN1C(=O)CC(C)(C)C. The van der Waals surface area contributed by atoms with Crippen molar-refractivity contribution in [2.24, 2.45) is 11.3 Å². The zero-order valence-corrected chi connectivity index (χ0v) is 14.7. The molecule has 0 saturated carbocycles. The smallest absolute Gasteiger partial charge is 0.242 e. The van der Waals surface area contributed by atoms with Crippen LogP contribution in [0.5, 0.6) is 0 Å². The lowest BCUT2D eigenvalue weighted by Gasteiger charge is -2.27. The van der Waals surface area contributed by atoms with E-state index in [1.54, 1.807) is 4.90 Å². The lowest BCUT2D eigenvalue weighted by molar-refractivity contribution is -0.140. The standard InChI is InChI=1S/C17H32N2O3/c1-12(2)9-13(20)11-18-16(22)14-7-6-8-19(14)15(21)10-17(3,4)5/h12-14,20H,6-11H2,1-5H3,(H,18,22). The van der Waals surface area contributed by atoms with E-state index in [2.05, 4.69) is 5.32 Å². The molecule has 0 aromatic heterocycles. The van der Waals surface area contributed by atoms with Crippen LogP contribution in [0.4, 0.5) is 0 Å². The Morgan fingerprint density at radius 1 is 1.32 bits per heavy atom. The van der Waals surface area contributed by atoms with Crippen molar-refractivity contribution in [3.8, 4) is 0 Å². The summed E-state index contributed by atoms with van der Waals surface area (Å²) in [6, 6.07) is -0.374. The fraction of sp³-hybridized carbons (Fsp3) is 0.882. The van der Waals surface area contributed by atoms with Crippen molar-refractivity contribution in [2.45, 2.75) is 72.4 Å². The van der Waals surface area contributed by atoms with E-state index >= 15 is 0 Å². The molecule has 1 aliphatic heterocycles. The van der Waals surface area contributed by atoms with Crippen LogP contribution in [0, 0.1) is 11.3 Å². The first kappa shape index (κ1) is 18.9. The van der Waals surface area contributed by atoms with Crippen molar-refractivity contribution < 1.29 is 14.7 Å². The summed E-state index contributed by atoms with van der Waals surface area (Å²) >= 11 is 0. The minimum absolute atomic E-state index is 0.0490. The molecule has 0 aromatic carbocycles. The topological polar surface area (TPSA) is 69.6 Å². The maximum Gasteiger partial charge on any atom is 0.242 e. The summed E-state index contributed by atoms with van der Waals surface area (Å²) in [5.41, 5.74) is -0.0752. The minimum Gasteiger partial charge on any atom is -0.391 e. The molecule has 0 bridgehead atoms. The van der Waals surface area contributed by atoms with Crippen LogP contribution in [-0.4, -0.2) is 47.1 Å². The second kappa shape index (κ2) is 7.95. The molecule has 0 radical (unpaired) electrons. The number of hydrogen-bond acceptors (Lipinski definition) is 3. The van der Waals surface area contributed by atoms with Crippen LogP contribution in [0.25, 0.3) is 0 Å². The van der Waals surface area contributed by atoms with Crippen molar-refractivity contribution in [1.29, 1.82) is 0 Å². The number of rotatable bonds is 6. The molecule has 2 N–H and O–H groups in total. The Bertz CT molecular complexity index is 388. The number of nitrogens with one attached hydrogen (secondary N) is 1. The quantitative estimate of drug-likeness (QED) is 0.787. The molecule has 0 aromatic rings. The van der Waals surface area contributed by atoms with Gasteiger partial charge in [-0.3, -0.25) is 9.59 Å². The van der Waals surface area contributed by atoms with Crippen LogP contribution in [0.15, 0.2) is 0 Å². The van der Waals surface area contributed by atoms with Gasteiger partial charge >= 0.3 is 0 Å². The van der Waals surface area contributed by atoms with E-state index in [1.165, 1.54) is 0 Å². The van der Waals surface area contributed by atoms with E-state index in [-0.39, 0.29) is 29.8 Å². The zero-order chi connectivity index (χ0) is 16.9. The van der Waals surface area contributed by atoms with Gasteiger partial charge in [0.05, 0.1) is 6.10 Å². The summed E-state index contributed by atoms with van der Waals surface area (Å²) in [6.45, 7) is 11.1. The van der Waals surface area contributed by atoms with Crippen molar-refractivity contribution in [2.75, 3.05) is 13.1 Å². The molecule has 5 heteroatoms. The first-order valence-electron chi connectivity index (χ1n) is 8.35. The maximum absolute atomic E-state index is 12.4. The number of carbonyl (C=O) groups is 2. The average molecular weight is 312 g/mol. The maximum atomic E-state index is 12.4. The molecule has 2 unspecified atom stereocenters. The Kier molecular flexibility index (Phi) is 6.85. The van der Waals surface area contributed by atoms with Crippen LogP contribution in [0.2, 0.25) is 0 Å². The van der Waals surface area contributed by atoms with E-state index < -0.39 is 6.10 Å². The van der Waals surface area contributed by atoms with E-state index in [9.17, 15) is 14.7 Å². The van der Waals surface area contributed by atoms with E-state index in [4.69, 9.17) is 0 Å². The van der Waals surface area contributed by atoms with Crippen LogP contribution in [-0.2, 0) is 9.59 Å². The number of hydrogen-bond donors (Lipinski definition) is 2. The molecule has 1 fully saturated rings. The van der Waals surface area contributed by atoms with Crippen LogP contribution in [0.1, 0.15) is 60.3 Å². The highest BCUT2D eigenvalue weighted by Gasteiger charge is 2.35. The number of amides is 2. The molecular formula is C17H32N2O3.